The first-order valence-corrected chi connectivity index (χ1v) is 9.62. The summed E-state index contributed by atoms with van der Waals surface area (Å²) in [4.78, 5) is 11.2. The van der Waals surface area contributed by atoms with E-state index in [0.29, 0.717) is 6.42 Å². The molecular weight excluding hydrogens is 332 g/mol. The van der Waals surface area contributed by atoms with Gasteiger partial charge in [-0.2, -0.15) is 0 Å². The molecule has 0 aliphatic heterocycles. The van der Waals surface area contributed by atoms with Crippen LogP contribution < -0.4 is 4.74 Å². The lowest BCUT2D eigenvalue weighted by atomic mass is 10.00. The van der Waals surface area contributed by atoms with Gasteiger partial charge < -0.3 is 9.53 Å². The third-order valence-electron chi connectivity index (χ3n) is 5.22. The summed E-state index contributed by atoms with van der Waals surface area (Å²) in [5, 5.41) is 0. The number of benzene rings is 3. The highest BCUT2D eigenvalue weighted by molar-refractivity contribution is 5.75. The number of aryl methyl sites for hydroxylation is 2. The molecule has 0 fully saturated rings. The van der Waals surface area contributed by atoms with E-state index in [9.17, 15) is 4.79 Å². The van der Waals surface area contributed by atoms with Gasteiger partial charge in [0.15, 0.2) is 0 Å². The number of ether oxygens (including phenoxy) is 1. The van der Waals surface area contributed by atoms with E-state index in [1.807, 2.05) is 18.2 Å². The zero-order valence-corrected chi connectivity index (χ0v) is 15.7. The summed E-state index contributed by atoms with van der Waals surface area (Å²) in [6.45, 7) is 1.64. The Hall–Kier alpha value is -2.87. The summed E-state index contributed by atoms with van der Waals surface area (Å²) in [6.07, 6.45) is 3.50. The summed E-state index contributed by atoms with van der Waals surface area (Å²) in [7, 11) is 0. The fraction of sp³-hybridized carbons (Fsp3) is 0.240. The van der Waals surface area contributed by atoms with Gasteiger partial charge in [0, 0.05) is 6.42 Å². The van der Waals surface area contributed by atoms with Crippen LogP contribution >= 0.6 is 0 Å². The first-order chi connectivity index (χ1) is 13.2. The van der Waals surface area contributed by atoms with Crippen LogP contribution in [0.5, 0.6) is 5.75 Å². The minimum absolute atomic E-state index is 0.0896. The molecule has 136 valence electrons. The van der Waals surface area contributed by atoms with Gasteiger partial charge in [0.2, 0.25) is 0 Å². The van der Waals surface area contributed by atoms with Gasteiger partial charge in [0.25, 0.3) is 0 Å². The summed E-state index contributed by atoms with van der Waals surface area (Å²) in [5.74, 6) is 1.11. The Bertz CT molecular complexity index is 944. The van der Waals surface area contributed by atoms with Crippen LogP contribution in [0.15, 0.2) is 72.8 Å². The van der Waals surface area contributed by atoms with Crippen LogP contribution in [0.1, 0.15) is 42.6 Å². The Kier molecular flexibility index (Phi) is 5.06. The largest absolute Gasteiger partial charge is 0.486 e. The zero-order valence-electron chi connectivity index (χ0n) is 15.7. The van der Waals surface area contributed by atoms with Crippen LogP contribution in [0.4, 0.5) is 0 Å². The Morgan fingerprint density at radius 3 is 2.63 bits per heavy atom. The molecule has 0 N–H and O–H groups in total. The Labute approximate surface area is 160 Å². The van der Waals surface area contributed by atoms with Gasteiger partial charge >= 0.3 is 0 Å². The lowest BCUT2D eigenvalue weighted by Crippen LogP contribution is -2.04. The first kappa shape index (κ1) is 17.5. The molecule has 0 amide bonds. The maximum absolute atomic E-state index is 11.2. The van der Waals surface area contributed by atoms with E-state index >= 15 is 0 Å². The van der Waals surface area contributed by atoms with Crippen molar-refractivity contribution in [3.05, 3.63) is 89.5 Å². The molecule has 0 aromatic heterocycles. The van der Waals surface area contributed by atoms with Crippen LogP contribution in [0, 0.1) is 0 Å². The van der Waals surface area contributed by atoms with Crippen molar-refractivity contribution in [3.8, 4) is 16.9 Å². The molecular formula is C25H24O2. The molecule has 0 spiro atoms. The maximum atomic E-state index is 11.2. The Morgan fingerprint density at radius 2 is 1.81 bits per heavy atom. The number of Topliss-reactive ketones (excluding diaryl/α,β-unsaturated/α-hetero) is 1. The van der Waals surface area contributed by atoms with Crippen LogP contribution in [-0.2, 0) is 17.6 Å². The van der Waals surface area contributed by atoms with E-state index in [1.54, 1.807) is 6.92 Å². The standard InChI is InChI=1S/C25H24O2/c1-18(26)10-11-19-6-5-9-23(16-19)27-25-15-14-21-12-13-22(17-24(21)25)20-7-3-2-4-8-20/h2-9,12-13,16-17,25H,10-11,14-15H2,1H3. The summed E-state index contributed by atoms with van der Waals surface area (Å²) in [5.41, 5.74) is 6.30. The third-order valence-corrected chi connectivity index (χ3v) is 5.22. The highest BCUT2D eigenvalue weighted by atomic mass is 16.5. The van der Waals surface area contributed by atoms with Crippen molar-refractivity contribution in [2.75, 3.05) is 0 Å². The van der Waals surface area contributed by atoms with Crippen molar-refractivity contribution in [1.29, 1.82) is 0 Å². The van der Waals surface area contributed by atoms with Crippen LogP contribution in [0.2, 0.25) is 0 Å². The van der Waals surface area contributed by atoms with Crippen LogP contribution in [0.25, 0.3) is 11.1 Å². The SMILES string of the molecule is CC(=O)CCc1cccc(OC2CCc3ccc(-c4ccccc4)cc32)c1. The van der Waals surface area contributed by atoms with E-state index in [2.05, 4.69) is 54.6 Å². The summed E-state index contributed by atoms with van der Waals surface area (Å²) >= 11 is 0. The molecule has 0 heterocycles. The minimum atomic E-state index is 0.0896. The minimum Gasteiger partial charge on any atom is -0.486 e. The van der Waals surface area contributed by atoms with Gasteiger partial charge in [0.05, 0.1) is 0 Å². The molecule has 3 aromatic rings. The molecule has 0 saturated carbocycles. The topological polar surface area (TPSA) is 26.3 Å². The molecule has 1 atom stereocenters. The number of ketones is 1. The number of rotatable bonds is 6. The van der Waals surface area contributed by atoms with E-state index in [1.165, 1.54) is 22.3 Å². The fourth-order valence-electron chi connectivity index (χ4n) is 3.76. The third kappa shape index (κ3) is 4.11. The van der Waals surface area contributed by atoms with Crippen molar-refractivity contribution >= 4 is 5.78 Å². The Balaban J connectivity index is 1.54. The second-order valence-electron chi connectivity index (χ2n) is 7.27. The second-order valence-corrected chi connectivity index (χ2v) is 7.27. The molecule has 3 aromatic carbocycles. The average molecular weight is 356 g/mol. The van der Waals surface area contributed by atoms with Gasteiger partial charge in [0.1, 0.15) is 17.6 Å². The molecule has 1 aliphatic rings. The van der Waals surface area contributed by atoms with Crippen LogP contribution in [-0.4, -0.2) is 5.78 Å². The Morgan fingerprint density at radius 1 is 0.963 bits per heavy atom. The molecule has 0 saturated heterocycles. The predicted octanol–water partition coefficient (Wildman–Crippen LogP) is 5.94. The molecule has 0 radical (unpaired) electrons. The molecule has 27 heavy (non-hydrogen) atoms. The summed E-state index contributed by atoms with van der Waals surface area (Å²) in [6, 6.07) is 25.4. The van der Waals surface area contributed by atoms with E-state index in [-0.39, 0.29) is 11.9 Å². The molecule has 2 nitrogen and oxygen atoms in total. The van der Waals surface area contributed by atoms with Crippen molar-refractivity contribution in [3.63, 3.8) is 0 Å². The highest BCUT2D eigenvalue weighted by Crippen LogP contribution is 2.37. The van der Waals surface area contributed by atoms with E-state index in [0.717, 1.165) is 30.6 Å². The van der Waals surface area contributed by atoms with Crippen molar-refractivity contribution < 1.29 is 9.53 Å². The fourth-order valence-corrected chi connectivity index (χ4v) is 3.76. The summed E-state index contributed by atoms with van der Waals surface area (Å²) < 4.78 is 6.36. The molecule has 4 rings (SSSR count). The van der Waals surface area contributed by atoms with Crippen molar-refractivity contribution in [2.24, 2.45) is 0 Å². The van der Waals surface area contributed by atoms with Gasteiger partial charge in [-0.1, -0.05) is 54.6 Å². The number of carbonyl (C=O) groups excluding carboxylic acids is 1. The van der Waals surface area contributed by atoms with Crippen molar-refractivity contribution in [2.45, 2.75) is 38.7 Å². The first-order valence-electron chi connectivity index (χ1n) is 9.62. The van der Waals surface area contributed by atoms with Gasteiger partial charge in [-0.15, -0.1) is 0 Å². The maximum Gasteiger partial charge on any atom is 0.130 e. The highest BCUT2D eigenvalue weighted by Gasteiger charge is 2.24. The number of fused-ring (bicyclic) bond motifs is 1. The van der Waals surface area contributed by atoms with E-state index in [4.69, 9.17) is 4.74 Å². The van der Waals surface area contributed by atoms with E-state index < -0.39 is 0 Å². The molecule has 1 unspecified atom stereocenters. The number of hydrogen-bond donors (Lipinski definition) is 0. The number of hydrogen-bond acceptors (Lipinski definition) is 2. The lowest BCUT2D eigenvalue weighted by molar-refractivity contribution is -0.116. The number of carbonyl (C=O) groups is 1. The normalized spacial score (nSPS) is 15.4. The zero-order chi connectivity index (χ0) is 18.6. The monoisotopic (exact) mass is 356 g/mol. The van der Waals surface area contributed by atoms with Crippen molar-refractivity contribution in [1.82, 2.24) is 0 Å². The van der Waals surface area contributed by atoms with Gasteiger partial charge in [-0.05, 0) is 72.2 Å². The predicted molar refractivity (Wildman–Crippen MR) is 109 cm³/mol. The van der Waals surface area contributed by atoms with Crippen LogP contribution in [0.3, 0.4) is 0 Å². The quantitative estimate of drug-likeness (QED) is 0.546. The van der Waals surface area contributed by atoms with Gasteiger partial charge in [-0.25, -0.2) is 0 Å². The average Bonchev–Trinajstić information content (AvgIpc) is 3.09. The molecule has 0 bridgehead atoms. The lowest BCUT2D eigenvalue weighted by Gasteiger charge is -2.16. The van der Waals surface area contributed by atoms with Gasteiger partial charge in [-0.3, -0.25) is 0 Å². The molecule has 1 aliphatic carbocycles. The smallest absolute Gasteiger partial charge is 0.130 e. The molecule has 2 heteroatoms. The second kappa shape index (κ2) is 7.79.